The van der Waals surface area contributed by atoms with Crippen molar-refractivity contribution in [2.45, 2.75) is 13.8 Å². The van der Waals surface area contributed by atoms with E-state index in [1.807, 2.05) is 19.1 Å². The van der Waals surface area contributed by atoms with Crippen LogP contribution in [-0.4, -0.2) is 17.4 Å². The zero-order valence-corrected chi connectivity index (χ0v) is 8.95. The van der Waals surface area contributed by atoms with Gasteiger partial charge in [0, 0.05) is 19.7 Å². The summed E-state index contributed by atoms with van der Waals surface area (Å²) in [5, 5.41) is 2.66. The number of carbonyl (C=O) groups is 1. The Bertz CT molecular complexity index is 385. The van der Waals surface area contributed by atoms with Gasteiger partial charge in [-0.2, -0.15) is 0 Å². The van der Waals surface area contributed by atoms with Gasteiger partial charge in [-0.25, -0.2) is 0 Å². The average Bonchev–Trinajstić information content (AvgIpc) is 2.18. The second-order valence-corrected chi connectivity index (χ2v) is 3.27. The van der Waals surface area contributed by atoms with Crippen molar-refractivity contribution in [1.29, 1.82) is 0 Å². The van der Waals surface area contributed by atoms with E-state index in [0.717, 1.165) is 11.3 Å². The van der Waals surface area contributed by atoms with Gasteiger partial charge in [-0.3, -0.25) is 9.78 Å². The lowest BCUT2D eigenvalue weighted by Gasteiger charge is -2.02. The molecule has 3 N–H and O–H groups in total. The normalized spacial score (nSPS) is 10.5. The molecular weight excluding hydrogens is 190 g/mol. The van der Waals surface area contributed by atoms with Crippen molar-refractivity contribution in [2.75, 3.05) is 12.3 Å². The zero-order chi connectivity index (χ0) is 11.3. The Balaban J connectivity index is 2.64. The summed E-state index contributed by atoms with van der Waals surface area (Å²) in [4.78, 5) is 14.7. The van der Waals surface area contributed by atoms with Crippen LogP contribution in [0.4, 0.5) is 5.69 Å². The highest BCUT2D eigenvalue weighted by atomic mass is 16.1. The van der Waals surface area contributed by atoms with Gasteiger partial charge in [0.15, 0.2) is 0 Å². The lowest BCUT2D eigenvalue weighted by molar-refractivity contribution is -0.118. The number of pyridine rings is 1. The first kappa shape index (κ1) is 11.2. The van der Waals surface area contributed by atoms with Gasteiger partial charge in [-0.15, -0.1) is 0 Å². The third-order valence-electron chi connectivity index (χ3n) is 1.98. The molecule has 0 saturated heterocycles. The van der Waals surface area contributed by atoms with Crippen LogP contribution >= 0.6 is 0 Å². The van der Waals surface area contributed by atoms with Crippen molar-refractivity contribution in [1.82, 2.24) is 10.3 Å². The molecule has 15 heavy (non-hydrogen) atoms. The van der Waals surface area contributed by atoms with Crippen LogP contribution in [0, 0.1) is 6.92 Å². The van der Waals surface area contributed by atoms with Crippen LogP contribution in [0.25, 0.3) is 6.08 Å². The summed E-state index contributed by atoms with van der Waals surface area (Å²) in [5.41, 5.74) is 8.24. The second-order valence-electron chi connectivity index (χ2n) is 3.27. The molecule has 0 atom stereocenters. The number of aromatic nitrogens is 1. The highest BCUT2D eigenvalue weighted by Gasteiger charge is 1.98. The van der Waals surface area contributed by atoms with Crippen LogP contribution in [-0.2, 0) is 4.79 Å². The van der Waals surface area contributed by atoms with E-state index in [0.29, 0.717) is 12.2 Å². The molecule has 0 spiro atoms. The monoisotopic (exact) mass is 205 g/mol. The summed E-state index contributed by atoms with van der Waals surface area (Å²) >= 11 is 0. The quantitative estimate of drug-likeness (QED) is 0.777. The zero-order valence-electron chi connectivity index (χ0n) is 8.95. The van der Waals surface area contributed by atoms with E-state index in [1.165, 1.54) is 6.92 Å². The average molecular weight is 205 g/mol. The number of hydrogen-bond donors (Lipinski definition) is 2. The number of amides is 1. The highest BCUT2D eigenvalue weighted by Crippen LogP contribution is 2.14. The Morgan fingerprint density at radius 3 is 3.07 bits per heavy atom. The number of nitrogens with one attached hydrogen (secondary N) is 1. The number of aryl methyl sites for hydroxylation is 1. The van der Waals surface area contributed by atoms with E-state index in [4.69, 9.17) is 5.73 Å². The van der Waals surface area contributed by atoms with E-state index < -0.39 is 0 Å². The summed E-state index contributed by atoms with van der Waals surface area (Å²) in [6, 6.07) is 1.86. The molecule has 1 rings (SSSR count). The van der Waals surface area contributed by atoms with Crippen molar-refractivity contribution >= 4 is 17.7 Å². The lowest BCUT2D eigenvalue weighted by Crippen LogP contribution is -2.19. The van der Waals surface area contributed by atoms with Gasteiger partial charge in [-0.1, -0.05) is 6.08 Å². The van der Waals surface area contributed by atoms with Gasteiger partial charge in [0.1, 0.15) is 0 Å². The number of anilines is 1. The molecule has 0 aliphatic rings. The predicted molar refractivity (Wildman–Crippen MR) is 61.1 cm³/mol. The van der Waals surface area contributed by atoms with Crippen LogP contribution in [0.1, 0.15) is 18.2 Å². The Morgan fingerprint density at radius 1 is 1.67 bits per heavy atom. The highest BCUT2D eigenvalue weighted by molar-refractivity contribution is 5.73. The van der Waals surface area contributed by atoms with Crippen molar-refractivity contribution < 1.29 is 4.79 Å². The van der Waals surface area contributed by atoms with E-state index in [-0.39, 0.29) is 5.91 Å². The molecule has 4 nitrogen and oxygen atoms in total. The minimum atomic E-state index is -0.0511. The van der Waals surface area contributed by atoms with Crippen LogP contribution in [0.2, 0.25) is 0 Å². The Labute approximate surface area is 89.2 Å². The Morgan fingerprint density at radius 2 is 2.40 bits per heavy atom. The summed E-state index contributed by atoms with van der Waals surface area (Å²) in [5.74, 6) is -0.0511. The lowest BCUT2D eigenvalue weighted by atomic mass is 10.2. The molecule has 0 radical (unpaired) electrons. The summed E-state index contributed by atoms with van der Waals surface area (Å²) in [6.45, 7) is 3.90. The molecule has 0 unspecified atom stereocenters. The number of nitrogen functional groups attached to an aromatic ring is 1. The topological polar surface area (TPSA) is 68.0 Å². The first-order chi connectivity index (χ1) is 7.11. The van der Waals surface area contributed by atoms with Crippen LogP contribution < -0.4 is 11.1 Å². The van der Waals surface area contributed by atoms with Gasteiger partial charge in [-0.05, 0) is 24.6 Å². The number of nitrogens with zero attached hydrogens (tertiary/aromatic N) is 1. The minimum absolute atomic E-state index is 0.0511. The maximum absolute atomic E-state index is 10.6. The third-order valence-corrected chi connectivity index (χ3v) is 1.98. The summed E-state index contributed by atoms with van der Waals surface area (Å²) in [6.07, 6.45) is 5.33. The fraction of sp³-hybridized carbons (Fsp3) is 0.273. The number of nitrogens with two attached hydrogens (primary N) is 1. The molecule has 0 aromatic carbocycles. The van der Waals surface area contributed by atoms with Crippen molar-refractivity contribution in [2.24, 2.45) is 0 Å². The standard InChI is InChI=1S/C11H15N3O/c1-8-5-7-14-10(11(8)12)4-3-6-13-9(2)15/h3-5,7H,6,12H2,1-2H3,(H,13,15). The molecule has 0 saturated carbocycles. The molecule has 0 aliphatic heterocycles. The molecule has 0 bridgehead atoms. The van der Waals surface area contributed by atoms with E-state index in [1.54, 1.807) is 12.3 Å². The number of rotatable bonds is 3. The second kappa shape index (κ2) is 5.14. The Kier molecular flexibility index (Phi) is 3.85. The molecule has 1 heterocycles. The van der Waals surface area contributed by atoms with E-state index >= 15 is 0 Å². The first-order valence-electron chi connectivity index (χ1n) is 4.73. The van der Waals surface area contributed by atoms with Gasteiger partial charge < -0.3 is 11.1 Å². The van der Waals surface area contributed by atoms with Crippen LogP contribution in [0.3, 0.4) is 0 Å². The first-order valence-corrected chi connectivity index (χ1v) is 4.73. The van der Waals surface area contributed by atoms with Gasteiger partial charge in [0.2, 0.25) is 5.91 Å². The largest absolute Gasteiger partial charge is 0.397 e. The third kappa shape index (κ3) is 3.42. The molecule has 1 amide bonds. The molecule has 0 aliphatic carbocycles. The molecule has 0 fully saturated rings. The van der Waals surface area contributed by atoms with Crippen molar-refractivity contribution in [3.8, 4) is 0 Å². The van der Waals surface area contributed by atoms with Crippen molar-refractivity contribution in [3.63, 3.8) is 0 Å². The maximum atomic E-state index is 10.6. The molecular formula is C11H15N3O. The van der Waals surface area contributed by atoms with Gasteiger partial charge >= 0.3 is 0 Å². The predicted octanol–water partition coefficient (Wildman–Crippen LogP) is 1.12. The fourth-order valence-electron chi connectivity index (χ4n) is 1.10. The van der Waals surface area contributed by atoms with E-state index in [9.17, 15) is 4.79 Å². The fourth-order valence-corrected chi connectivity index (χ4v) is 1.10. The SMILES string of the molecule is CC(=O)NCC=Cc1nccc(C)c1N. The van der Waals surface area contributed by atoms with E-state index in [2.05, 4.69) is 10.3 Å². The molecule has 80 valence electrons. The smallest absolute Gasteiger partial charge is 0.217 e. The number of hydrogen-bond acceptors (Lipinski definition) is 3. The van der Waals surface area contributed by atoms with Gasteiger partial charge in [0.05, 0.1) is 11.4 Å². The summed E-state index contributed by atoms with van der Waals surface area (Å²) < 4.78 is 0. The van der Waals surface area contributed by atoms with Gasteiger partial charge in [0.25, 0.3) is 0 Å². The number of carbonyl (C=O) groups excluding carboxylic acids is 1. The minimum Gasteiger partial charge on any atom is -0.397 e. The van der Waals surface area contributed by atoms with Crippen LogP contribution in [0.15, 0.2) is 18.3 Å². The van der Waals surface area contributed by atoms with Crippen molar-refractivity contribution in [3.05, 3.63) is 29.6 Å². The molecule has 4 heteroatoms. The molecule has 1 aromatic heterocycles. The maximum Gasteiger partial charge on any atom is 0.217 e. The van der Waals surface area contributed by atoms with Crippen LogP contribution in [0.5, 0.6) is 0 Å². The molecule has 1 aromatic rings. The Hall–Kier alpha value is -1.84. The summed E-state index contributed by atoms with van der Waals surface area (Å²) in [7, 11) is 0.